The van der Waals surface area contributed by atoms with Gasteiger partial charge in [0.25, 0.3) is 0 Å². The molecule has 0 radical (unpaired) electrons. The lowest BCUT2D eigenvalue weighted by Gasteiger charge is -2.35. The minimum absolute atomic E-state index is 0.130. The highest BCUT2D eigenvalue weighted by Crippen LogP contribution is 2.34. The van der Waals surface area contributed by atoms with E-state index in [-0.39, 0.29) is 17.1 Å². The van der Waals surface area contributed by atoms with Crippen molar-refractivity contribution in [2.24, 2.45) is 5.92 Å². The number of hydrogen-bond donors (Lipinski definition) is 1. The average molecular weight is 233 g/mol. The molecule has 1 rings (SSSR count). The average Bonchev–Trinajstić information content (AvgIpc) is 1.72. The van der Waals surface area contributed by atoms with E-state index < -0.39 is 15.3 Å². The molecule has 1 unspecified atom stereocenters. The molecule has 0 saturated heterocycles. The van der Waals surface area contributed by atoms with E-state index in [0.29, 0.717) is 12.8 Å². The Kier molecular flexibility index (Phi) is 3.14. The van der Waals surface area contributed by atoms with Gasteiger partial charge in [-0.2, -0.15) is 0 Å². The number of hydrogen-bond acceptors (Lipinski definition) is 4. The summed E-state index contributed by atoms with van der Waals surface area (Å²) in [6.07, 6.45) is 2.50. The molecule has 0 heterocycles. The van der Waals surface area contributed by atoms with Crippen LogP contribution in [-0.2, 0) is 19.3 Å². The van der Waals surface area contributed by atoms with Gasteiger partial charge < -0.3 is 4.74 Å². The van der Waals surface area contributed by atoms with E-state index in [4.69, 9.17) is 9.52 Å². The first kappa shape index (κ1) is 12.5. The van der Waals surface area contributed by atoms with Gasteiger partial charge in [-0.15, -0.1) is 0 Å². The van der Waals surface area contributed by atoms with Crippen molar-refractivity contribution in [3.63, 3.8) is 0 Å². The monoisotopic (exact) mass is 233 g/mol. The predicted octanol–water partition coefficient (Wildman–Crippen LogP) is 1.78. The largest absolute Gasteiger partial charge is 0.460 e. The Morgan fingerprint density at radius 1 is 1.40 bits per heavy atom. The van der Waals surface area contributed by atoms with E-state index in [2.05, 4.69) is 0 Å². The maximum atomic E-state index is 11.5. The Bertz CT molecular complexity index is 347. The molecule has 88 valence electrons. The van der Waals surface area contributed by atoms with Crippen LogP contribution < -0.4 is 0 Å². The molecule has 0 bridgehead atoms. The molecule has 1 aliphatic carbocycles. The highest BCUT2D eigenvalue weighted by atomic mass is 32.2. The summed E-state index contributed by atoms with van der Waals surface area (Å²) >= 11 is 0. The van der Waals surface area contributed by atoms with Crippen LogP contribution in [0.25, 0.3) is 0 Å². The van der Waals surface area contributed by atoms with Gasteiger partial charge in [-0.1, -0.05) is 0 Å². The summed E-state index contributed by atoms with van der Waals surface area (Å²) in [6, 6.07) is 0. The topological polar surface area (TPSA) is 67.2 Å². The molecule has 0 aromatic rings. The van der Waals surface area contributed by atoms with Gasteiger partial charge in [0.15, 0.2) is 0 Å². The Morgan fingerprint density at radius 3 is 2.20 bits per heavy atom. The normalized spacial score (nSPS) is 30.1. The Labute approximate surface area is 91.4 Å². The number of esters is 1. The first-order chi connectivity index (χ1) is 6.59. The van der Waals surface area contributed by atoms with Gasteiger partial charge in [-0.25, -0.2) is 4.21 Å². The third-order valence-electron chi connectivity index (χ3n) is 2.47. The summed E-state index contributed by atoms with van der Waals surface area (Å²) in [7, 11) is -2.48. The van der Waals surface area contributed by atoms with E-state index in [9.17, 15) is 9.00 Å². The van der Waals surface area contributed by atoms with Crippen molar-refractivity contribution in [1.29, 1.82) is 4.78 Å². The molecule has 1 fully saturated rings. The van der Waals surface area contributed by atoms with Crippen LogP contribution in [-0.4, -0.2) is 27.3 Å². The summed E-state index contributed by atoms with van der Waals surface area (Å²) in [6.45, 7) is 5.48. The molecule has 1 saturated carbocycles. The van der Waals surface area contributed by atoms with Gasteiger partial charge in [0.2, 0.25) is 0 Å². The summed E-state index contributed by atoms with van der Waals surface area (Å²) < 4.78 is 23.9. The number of carbonyl (C=O) groups excluding carboxylic acids is 1. The van der Waals surface area contributed by atoms with Crippen molar-refractivity contribution < 1.29 is 13.7 Å². The van der Waals surface area contributed by atoms with Crippen LogP contribution in [0.5, 0.6) is 0 Å². The minimum Gasteiger partial charge on any atom is -0.460 e. The molecule has 0 amide bonds. The number of rotatable bonds is 2. The van der Waals surface area contributed by atoms with E-state index in [0.717, 1.165) is 0 Å². The fraction of sp³-hybridized carbons (Fsp3) is 0.900. The van der Waals surface area contributed by atoms with Crippen LogP contribution in [0.4, 0.5) is 0 Å². The summed E-state index contributed by atoms with van der Waals surface area (Å²) in [5.74, 6) is -0.372. The lowest BCUT2D eigenvalue weighted by atomic mass is 9.85. The van der Waals surface area contributed by atoms with Crippen molar-refractivity contribution in [3.05, 3.63) is 0 Å². The fourth-order valence-electron chi connectivity index (χ4n) is 1.51. The SMILES string of the molecule is CC(C)(C)OC(=O)C1CC(S(C)(=N)=O)C1. The van der Waals surface area contributed by atoms with E-state index in [1.165, 1.54) is 6.26 Å². The van der Waals surface area contributed by atoms with Gasteiger partial charge in [0, 0.05) is 21.2 Å². The molecule has 0 aromatic heterocycles. The summed E-state index contributed by atoms with van der Waals surface area (Å²) in [5, 5.41) is -0.130. The molecular formula is C10H19NO3S. The quantitative estimate of drug-likeness (QED) is 0.739. The molecule has 4 nitrogen and oxygen atoms in total. The minimum atomic E-state index is -2.48. The predicted molar refractivity (Wildman–Crippen MR) is 59.1 cm³/mol. The zero-order valence-electron chi connectivity index (χ0n) is 9.70. The molecule has 5 heteroatoms. The molecule has 1 N–H and O–H groups in total. The highest BCUT2D eigenvalue weighted by Gasteiger charge is 2.40. The van der Waals surface area contributed by atoms with Crippen LogP contribution in [0.3, 0.4) is 0 Å². The molecule has 0 aliphatic heterocycles. The molecular weight excluding hydrogens is 214 g/mol. The van der Waals surface area contributed by atoms with Gasteiger partial charge in [-0.3, -0.25) is 9.57 Å². The number of ether oxygens (including phenoxy) is 1. The van der Waals surface area contributed by atoms with Gasteiger partial charge in [0.05, 0.1) is 5.92 Å². The second kappa shape index (κ2) is 3.77. The third-order valence-corrected chi connectivity index (χ3v) is 4.13. The van der Waals surface area contributed by atoms with Crippen molar-refractivity contribution in [3.8, 4) is 0 Å². The second-order valence-electron chi connectivity index (χ2n) is 5.23. The van der Waals surface area contributed by atoms with E-state index >= 15 is 0 Å². The van der Waals surface area contributed by atoms with Crippen LogP contribution in [0.2, 0.25) is 0 Å². The van der Waals surface area contributed by atoms with Crippen LogP contribution >= 0.6 is 0 Å². The third kappa shape index (κ3) is 3.48. The van der Waals surface area contributed by atoms with Crippen molar-refractivity contribution in [2.75, 3.05) is 6.26 Å². The number of carbonyl (C=O) groups is 1. The maximum absolute atomic E-state index is 11.5. The zero-order valence-corrected chi connectivity index (χ0v) is 10.5. The summed E-state index contributed by atoms with van der Waals surface area (Å²) in [5.41, 5.74) is -0.462. The lowest BCUT2D eigenvalue weighted by Crippen LogP contribution is -2.41. The van der Waals surface area contributed by atoms with Gasteiger partial charge >= 0.3 is 5.97 Å². The van der Waals surface area contributed by atoms with Gasteiger partial charge in [0.1, 0.15) is 5.60 Å². The molecule has 0 spiro atoms. The zero-order chi connectivity index (χ0) is 11.9. The molecule has 1 atom stereocenters. The Morgan fingerprint density at radius 2 is 1.87 bits per heavy atom. The molecule has 15 heavy (non-hydrogen) atoms. The standard InChI is InChI=1S/C10H19NO3S/c1-10(2,3)14-9(12)7-5-8(6-7)15(4,11)13/h7-8,11H,5-6H2,1-4H3. The second-order valence-corrected chi connectivity index (χ2v) is 7.70. The van der Waals surface area contributed by atoms with E-state index in [1.807, 2.05) is 20.8 Å². The first-order valence-corrected chi connectivity index (χ1v) is 7.08. The smallest absolute Gasteiger partial charge is 0.309 e. The summed E-state index contributed by atoms with van der Waals surface area (Å²) in [4.78, 5) is 11.5. The highest BCUT2D eigenvalue weighted by molar-refractivity contribution is 7.92. The first-order valence-electron chi connectivity index (χ1n) is 5.05. The fourth-order valence-corrected chi connectivity index (χ4v) is 2.71. The molecule has 1 aliphatic rings. The number of nitrogens with one attached hydrogen (secondary N) is 1. The molecule has 0 aromatic carbocycles. The van der Waals surface area contributed by atoms with Crippen molar-refractivity contribution >= 4 is 15.7 Å². The van der Waals surface area contributed by atoms with Crippen LogP contribution in [0.15, 0.2) is 0 Å². The van der Waals surface area contributed by atoms with Crippen LogP contribution in [0.1, 0.15) is 33.6 Å². The van der Waals surface area contributed by atoms with Crippen LogP contribution in [0, 0.1) is 10.7 Å². The Hall–Kier alpha value is -0.580. The van der Waals surface area contributed by atoms with Crippen molar-refractivity contribution in [1.82, 2.24) is 0 Å². The Balaban J connectivity index is 2.43. The maximum Gasteiger partial charge on any atom is 0.309 e. The lowest BCUT2D eigenvalue weighted by molar-refractivity contribution is -0.162. The van der Waals surface area contributed by atoms with Gasteiger partial charge in [-0.05, 0) is 33.6 Å². The van der Waals surface area contributed by atoms with E-state index in [1.54, 1.807) is 0 Å². The van der Waals surface area contributed by atoms with Crippen molar-refractivity contribution in [2.45, 2.75) is 44.5 Å².